The summed E-state index contributed by atoms with van der Waals surface area (Å²) in [6, 6.07) is 0.262. The Bertz CT molecular complexity index is 328. The molecule has 0 bridgehead atoms. The third-order valence-electron chi connectivity index (χ3n) is 2.86. The average Bonchev–Trinajstić information content (AvgIpc) is 2.58. The van der Waals surface area contributed by atoms with E-state index in [4.69, 9.17) is 10.2 Å². The molecule has 0 saturated heterocycles. The first-order valence-corrected chi connectivity index (χ1v) is 6.25. The van der Waals surface area contributed by atoms with Crippen molar-refractivity contribution >= 4 is 11.8 Å². The van der Waals surface area contributed by atoms with E-state index in [1.54, 1.807) is 18.7 Å². The third kappa shape index (κ3) is 2.72. The van der Waals surface area contributed by atoms with Crippen LogP contribution in [0.5, 0.6) is 0 Å². The van der Waals surface area contributed by atoms with Crippen LogP contribution >= 0.6 is 11.8 Å². The largest absolute Gasteiger partial charge is 0.416 e. The maximum Gasteiger partial charge on any atom is 0.276 e. The molecule has 84 valence electrons. The van der Waals surface area contributed by atoms with Gasteiger partial charge < -0.3 is 10.2 Å². The molecule has 5 heteroatoms. The maximum atomic E-state index is 6.09. The van der Waals surface area contributed by atoms with Crippen LogP contribution in [0.1, 0.15) is 32.1 Å². The van der Waals surface area contributed by atoms with Crippen molar-refractivity contribution in [3.63, 3.8) is 0 Å². The van der Waals surface area contributed by atoms with E-state index < -0.39 is 0 Å². The molecule has 0 aliphatic heterocycles. The lowest BCUT2D eigenvalue weighted by atomic mass is 9.87. The fourth-order valence-corrected chi connectivity index (χ4v) is 3.19. The molecule has 0 aromatic carbocycles. The highest BCUT2D eigenvalue weighted by Crippen LogP contribution is 2.34. The van der Waals surface area contributed by atoms with Gasteiger partial charge in [0.25, 0.3) is 5.22 Å². The molecule has 15 heavy (non-hydrogen) atoms. The number of thioether (sulfide) groups is 1. The van der Waals surface area contributed by atoms with Gasteiger partial charge in [0.05, 0.1) is 0 Å². The van der Waals surface area contributed by atoms with Crippen LogP contribution < -0.4 is 5.73 Å². The number of aryl methyl sites for hydroxylation is 1. The smallest absolute Gasteiger partial charge is 0.276 e. The van der Waals surface area contributed by atoms with Gasteiger partial charge in [-0.3, -0.25) is 0 Å². The molecular weight excluding hydrogens is 210 g/mol. The molecular formula is C10H17N3OS. The summed E-state index contributed by atoms with van der Waals surface area (Å²) in [7, 11) is 0. The lowest BCUT2D eigenvalue weighted by molar-refractivity contribution is 0.353. The Morgan fingerprint density at radius 3 is 2.87 bits per heavy atom. The predicted molar refractivity (Wildman–Crippen MR) is 59.7 cm³/mol. The third-order valence-corrected chi connectivity index (χ3v) is 4.08. The number of nitrogens with two attached hydrogens (primary N) is 1. The van der Waals surface area contributed by atoms with Gasteiger partial charge in [0.2, 0.25) is 5.89 Å². The average molecular weight is 227 g/mol. The summed E-state index contributed by atoms with van der Waals surface area (Å²) in [5.41, 5.74) is 6.09. The molecule has 1 heterocycles. The van der Waals surface area contributed by atoms with Gasteiger partial charge in [0.1, 0.15) is 0 Å². The molecule has 2 rings (SSSR count). The minimum atomic E-state index is 0.262. The number of aromatic nitrogens is 2. The second-order valence-corrected chi connectivity index (χ2v) is 5.52. The van der Waals surface area contributed by atoms with E-state index >= 15 is 0 Å². The minimum Gasteiger partial charge on any atom is -0.416 e. The summed E-state index contributed by atoms with van der Waals surface area (Å²) in [5, 5.41) is 8.89. The Morgan fingerprint density at radius 2 is 2.20 bits per heavy atom. The van der Waals surface area contributed by atoms with Gasteiger partial charge >= 0.3 is 0 Å². The van der Waals surface area contributed by atoms with Gasteiger partial charge in [-0.05, 0) is 25.2 Å². The highest BCUT2D eigenvalue weighted by Gasteiger charge is 2.28. The molecule has 1 fully saturated rings. The van der Waals surface area contributed by atoms with Crippen molar-refractivity contribution in [2.45, 2.75) is 49.6 Å². The molecule has 2 N–H and O–H groups in total. The Morgan fingerprint density at radius 1 is 1.40 bits per heavy atom. The van der Waals surface area contributed by atoms with Gasteiger partial charge in [0, 0.05) is 18.2 Å². The zero-order valence-electron chi connectivity index (χ0n) is 9.14. The maximum absolute atomic E-state index is 6.09. The summed E-state index contributed by atoms with van der Waals surface area (Å²) in [6.45, 7) is 4.08. The van der Waals surface area contributed by atoms with Crippen LogP contribution in [-0.4, -0.2) is 21.5 Å². The Labute approximate surface area is 94.0 Å². The summed E-state index contributed by atoms with van der Waals surface area (Å²) >= 11 is 1.63. The molecule has 0 amide bonds. The zero-order chi connectivity index (χ0) is 10.8. The van der Waals surface area contributed by atoms with Crippen molar-refractivity contribution in [3.8, 4) is 0 Å². The lowest BCUT2D eigenvalue weighted by Crippen LogP contribution is -2.37. The Hall–Kier alpha value is -0.550. The summed E-state index contributed by atoms with van der Waals surface area (Å²) < 4.78 is 5.35. The first kappa shape index (κ1) is 11.0. The van der Waals surface area contributed by atoms with E-state index in [0.29, 0.717) is 16.4 Å². The van der Waals surface area contributed by atoms with E-state index in [9.17, 15) is 0 Å². The standard InChI is InChI=1S/C10H17N3OS/c1-6-3-4-8(11)9(5-6)15-10-13-12-7(2)14-10/h6,8-9H,3-5,11H2,1-2H3. The van der Waals surface area contributed by atoms with Gasteiger partial charge in [-0.15, -0.1) is 10.2 Å². The number of rotatable bonds is 2. The molecule has 0 radical (unpaired) electrons. The fourth-order valence-electron chi connectivity index (χ4n) is 1.94. The molecule has 1 aromatic heterocycles. The van der Waals surface area contributed by atoms with E-state index in [-0.39, 0.29) is 6.04 Å². The van der Waals surface area contributed by atoms with Crippen molar-refractivity contribution in [1.82, 2.24) is 10.2 Å². The van der Waals surface area contributed by atoms with Gasteiger partial charge in [0.15, 0.2) is 0 Å². The van der Waals surface area contributed by atoms with Crippen molar-refractivity contribution < 1.29 is 4.42 Å². The van der Waals surface area contributed by atoms with Crippen LogP contribution in [0.2, 0.25) is 0 Å². The van der Waals surface area contributed by atoms with Crippen LogP contribution in [0, 0.1) is 12.8 Å². The van der Waals surface area contributed by atoms with E-state index in [0.717, 1.165) is 18.8 Å². The summed E-state index contributed by atoms with van der Waals surface area (Å²) in [5.74, 6) is 1.38. The van der Waals surface area contributed by atoms with Crippen molar-refractivity contribution in [1.29, 1.82) is 0 Å². The number of hydrogen-bond acceptors (Lipinski definition) is 5. The van der Waals surface area contributed by atoms with Crippen molar-refractivity contribution in [2.75, 3.05) is 0 Å². The van der Waals surface area contributed by atoms with Gasteiger partial charge in [-0.25, -0.2) is 0 Å². The van der Waals surface area contributed by atoms with Crippen LogP contribution in [-0.2, 0) is 0 Å². The predicted octanol–water partition coefficient (Wildman–Crippen LogP) is 1.99. The number of nitrogens with zero attached hydrogens (tertiary/aromatic N) is 2. The monoisotopic (exact) mass is 227 g/mol. The molecule has 3 atom stereocenters. The fraction of sp³-hybridized carbons (Fsp3) is 0.800. The van der Waals surface area contributed by atoms with Crippen LogP contribution in [0.4, 0.5) is 0 Å². The highest BCUT2D eigenvalue weighted by atomic mass is 32.2. The number of hydrogen-bond donors (Lipinski definition) is 1. The molecule has 1 aromatic rings. The molecule has 0 spiro atoms. The molecule has 1 aliphatic carbocycles. The van der Waals surface area contributed by atoms with Crippen molar-refractivity contribution in [2.24, 2.45) is 11.7 Å². The van der Waals surface area contributed by atoms with Crippen molar-refractivity contribution in [3.05, 3.63) is 5.89 Å². The van der Waals surface area contributed by atoms with E-state index in [2.05, 4.69) is 17.1 Å². The second kappa shape index (κ2) is 4.53. The highest BCUT2D eigenvalue weighted by molar-refractivity contribution is 7.99. The van der Waals surface area contributed by atoms with Crippen LogP contribution in [0.3, 0.4) is 0 Å². The normalized spacial score (nSPS) is 31.8. The first-order valence-electron chi connectivity index (χ1n) is 5.37. The summed E-state index contributed by atoms with van der Waals surface area (Å²) in [6.07, 6.45) is 3.49. The van der Waals surface area contributed by atoms with E-state index in [1.165, 1.54) is 6.42 Å². The van der Waals surface area contributed by atoms with Crippen LogP contribution in [0.15, 0.2) is 9.64 Å². The molecule has 1 aliphatic rings. The van der Waals surface area contributed by atoms with Crippen LogP contribution in [0.25, 0.3) is 0 Å². The zero-order valence-corrected chi connectivity index (χ0v) is 9.96. The molecule has 3 unspecified atom stereocenters. The van der Waals surface area contributed by atoms with E-state index in [1.807, 2.05) is 0 Å². The molecule has 4 nitrogen and oxygen atoms in total. The topological polar surface area (TPSA) is 64.9 Å². The SMILES string of the molecule is Cc1nnc(SC2CC(C)CCC2N)o1. The Kier molecular flexibility index (Phi) is 3.31. The van der Waals surface area contributed by atoms with Gasteiger partial charge in [-0.1, -0.05) is 18.7 Å². The lowest BCUT2D eigenvalue weighted by Gasteiger charge is -2.30. The quantitative estimate of drug-likeness (QED) is 0.837. The Balaban J connectivity index is 1.98. The molecule has 1 saturated carbocycles. The van der Waals surface area contributed by atoms with Gasteiger partial charge in [-0.2, -0.15) is 0 Å². The minimum absolute atomic E-state index is 0.262. The first-order chi connectivity index (χ1) is 7.15. The summed E-state index contributed by atoms with van der Waals surface area (Å²) in [4.78, 5) is 0. The second-order valence-electron chi connectivity index (χ2n) is 4.33.